The summed E-state index contributed by atoms with van der Waals surface area (Å²) < 4.78 is 22.3. The van der Waals surface area contributed by atoms with Gasteiger partial charge in [-0.3, -0.25) is 0 Å². The van der Waals surface area contributed by atoms with Crippen molar-refractivity contribution in [2.75, 3.05) is 11.5 Å². The first-order chi connectivity index (χ1) is 4.83. The van der Waals surface area contributed by atoms with Crippen molar-refractivity contribution in [2.45, 2.75) is 27.2 Å². The molecule has 0 amide bonds. The van der Waals surface area contributed by atoms with Gasteiger partial charge in [0.2, 0.25) is 0 Å². The number of sulfone groups is 1. The van der Waals surface area contributed by atoms with Crippen LogP contribution in [0.4, 0.5) is 0 Å². The third-order valence-electron chi connectivity index (χ3n) is 2.90. The molecule has 0 radical (unpaired) electrons. The predicted molar refractivity (Wildman–Crippen MR) is 46.2 cm³/mol. The highest BCUT2D eigenvalue weighted by molar-refractivity contribution is 7.91. The van der Waals surface area contributed by atoms with E-state index in [1.54, 1.807) is 0 Å². The molecule has 0 aromatic rings. The molecule has 0 N–H and O–H groups in total. The minimum absolute atomic E-state index is 0.214. The Hall–Kier alpha value is -0.0500. The van der Waals surface area contributed by atoms with E-state index in [4.69, 9.17) is 0 Å². The van der Waals surface area contributed by atoms with E-state index in [0.717, 1.165) is 6.42 Å². The van der Waals surface area contributed by atoms with Gasteiger partial charge in [0.1, 0.15) is 0 Å². The zero-order valence-electron chi connectivity index (χ0n) is 7.42. The van der Waals surface area contributed by atoms with E-state index in [0.29, 0.717) is 17.4 Å². The first-order valence-electron chi connectivity index (χ1n) is 4.04. The van der Waals surface area contributed by atoms with Crippen molar-refractivity contribution in [1.29, 1.82) is 0 Å². The Bertz CT molecular complexity index is 239. The van der Waals surface area contributed by atoms with Crippen LogP contribution in [0.1, 0.15) is 27.2 Å². The fourth-order valence-corrected chi connectivity index (χ4v) is 3.57. The van der Waals surface area contributed by atoms with Crippen LogP contribution in [0.5, 0.6) is 0 Å². The fraction of sp³-hybridized carbons (Fsp3) is 1.00. The van der Waals surface area contributed by atoms with Gasteiger partial charge in [0.15, 0.2) is 9.84 Å². The summed E-state index contributed by atoms with van der Waals surface area (Å²) in [6.45, 7) is 6.31. The number of rotatable bonds is 0. The van der Waals surface area contributed by atoms with Crippen LogP contribution in [0.2, 0.25) is 0 Å². The summed E-state index contributed by atoms with van der Waals surface area (Å²) in [6, 6.07) is 0. The Morgan fingerprint density at radius 2 is 1.91 bits per heavy atom. The summed E-state index contributed by atoms with van der Waals surface area (Å²) in [4.78, 5) is 0. The molecule has 1 saturated heterocycles. The molecular formula is C8H16O2S. The van der Waals surface area contributed by atoms with Gasteiger partial charge in [0.05, 0.1) is 11.5 Å². The van der Waals surface area contributed by atoms with Crippen LogP contribution in [-0.2, 0) is 9.84 Å². The maximum atomic E-state index is 11.1. The highest BCUT2D eigenvalue weighted by Crippen LogP contribution is 2.35. The van der Waals surface area contributed by atoms with E-state index in [9.17, 15) is 8.42 Å². The van der Waals surface area contributed by atoms with Gasteiger partial charge in [-0.25, -0.2) is 8.42 Å². The van der Waals surface area contributed by atoms with Gasteiger partial charge in [0.25, 0.3) is 0 Å². The molecule has 11 heavy (non-hydrogen) atoms. The van der Waals surface area contributed by atoms with Crippen LogP contribution in [0.15, 0.2) is 0 Å². The molecule has 1 atom stereocenters. The van der Waals surface area contributed by atoms with Gasteiger partial charge in [-0.15, -0.1) is 0 Å². The number of hydrogen-bond donors (Lipinski definition) is 0. The maximum absolute atomic E-state index is 11.1. The SMILES string of the molecule is CC1CS(=O)(=O)CCC1(C)C. The molecule has 0 spiro atoms. The Balaban J connectivity index is 2.78. The molecule has 1 fully saturated rings. The molecule has 0 aromatic heterocycles. The third kappa shape index (κ3) is 1.95. The van der Waals surface area contributed by atoms with Crippen LogP contribution < -0.4 is 0 Å². The van der Waals surface area contributed by atoms with Crippen LogP contribution in [0.3, 0.4) is 0 Å². The Labute approximate surface area is 68.9 Å². The predicted octanol–water partition coefficient (Wildman–Crippen LogP) is 1.47. The van der Waals surface area contributed by atoms with Crippen LogP contribution in [-0.4, -0.2) is 19.9 Å². The molecule has 1 aliphatic heterocycles. The Morgan fingerprint density at radius 3 is 2.27 bits per heavy atom. The van der Waals surface area contributed by atoms with Crippen molar-refractivity contribution in [2.24, 2.45) is 11.3 Å². The summed E-state index contributed by atoms with van der Waals surface area (Å²) in [7, 11) is -2.70. The zero-order chi connectivity index (χ0) is 8.70. The van der Waals surface area contributed by atoms with E-state index >= 15 is 0 Å². The average Bonchev–Trinajstić information content (AvgIpc) is 1.81. The van der Waals surface area contributed by atoms with E-state index in [-0.39, 0.29) is 5.41 Å². The molecule has 0 aliphatic carbocycles. The van der Waals surface area contributed by atoms with Gasteiger partial charge >= 0.3 is 0 Å². The van der Waals surface area contributed by atoms with Crippen molar-refractivity contribution in [1.82, 2.24) is 0 Å². The largest absolute Gasteiger partial charge is 0.229 e. The molecule has 0 saturated carbocycles. The summed E-state index contributed by atoms with van der Waals surface area (Å²) in [5.74, 6) is 1.06. The van der Waals surface area contributed by atoms with Crippen molar-refractivity contribution in [3.63, 3.8) is 0 Å². The summed E-state index contributed by atoms with van der Waals surface area (Å²) in [5.41, 5.74) is 0.214. The smallest absolute Gasteiger partial charge is 0.150 e. The third-order valence-corrected chi connectivity index (χ3v) is 4.73. The van der Waals surface area contributed by atoms with Crippen molar-refractivity contribution >= 4 is 9.84 Å². The second-order valence-corrected chi connectivity index (χ2v) is 6.48. The highest BCUT2D eigenvalue weighted by atomic mass is 32.2. The average molecular weight is 176 g/mol. The van der Waals surface area contributed by atoms with Gasteiger partial charge in [0, 0.05) is 0 Å². The van der Waals surface area contributed by atoms with E-state index in [2.05, 4.69) is 13.8 Å². The van der Waals surface area contributed by atoms with Crippen molar-refractivity contribution in [3.8, 4) is 0 Å². The fourth-order valence-electron chi connectivity index (χ4n) is 1.35. The highest BCUT2D eigenvalue weighted by Gasteiger charge is 2.35. The van der Waals surface area contributed by atoms with E-state index < -0.39 is 9.84 Å². The lowest BCUT2D eigenvalue weighted by Gasteiger charge is -2.35. The molecule has 3 heteroatoms. The molecular weight excluding hydrogens is 160 g/mol. The molecule has 1 unspecified atom stereocenters. The molecule has 1 aliphatic rings. The molecule has 2 nitrogen and oxygen atoms in total. The quantitative estimate of drug-likeness (QED) is 0.560. The summed E-state index contributed by atoms with van der Waals surface area (Å²) in [6.07, 6.45) is 0.816. The zero-order valence-corrected chi connectivity index (χ0v) is 8.24. The van der Waals surface area contributed by atoms with Crippen LogP contribution >= 0.6 is 0 Å². The molecule has 66 valence electrons. The molecule has 1 rings (SSSR count). The molecule has 1 heterocycles. The maximum Gasteiger partial charge on any atom is 0.150 e. The minimum Gasteiger partial charge on any atom is -0.229 e. The first-order valence-corrected chi connectivity index (χ1v) is 5.86. The standard InChI is InChI=1S/C8H16O2S/c1-7-6-11(9,10)5-4-8(7,2)3/h7H,4-6H2,1-3H3. The van der Waals surface area contributed by atoms with Gasteiger partial charge in [-0.05, 0) is 17.8 Å². The van der Waals surface area contributed by atoms with E-state index in [1.165, 1.54) is 0 Å². The van der Waals surface area contributed by atoms with Gasteiger partial charge in [-0.1, -0.05) is 20.8 Å². The van der Waals surface area contributed by atoms with Crippen LogP contribution in [0.25, 0.3) is 0 Å². The minimum atomic E-state index is -2.70. The number of hydrogen-bond acceptors (Lipinski definition) is 2. The normalized spacial score (nSPS) is 35.0. The monoisotopic (exact) mass is 176 g/mol. The van der Waals surface area contributed by atoms with Gasteiger partial charge < -0.3 is 0 Å². The lowest BCUT2D eigenvalue weighted by atomic mass is 9.78. The lowest BCUT2D eigenvalue weighted by molar-refractivity contribution is 0.231. The van der Waals surface area contributed by atoms with Crippen LogP contribution in [0, 0.1) is 11.3 Å². The first kappa shape index (κ1) is 9.04. The molecule has 0 aromatic carbocycles. The topological polar surface area (TPSA) is 34.1 Å². The lowest BCUT2D eigenvalue weighted by Crippen LogP contribution is -2.36. The van der Waals surface area contributed by atoms with Gasteiger partial charge in [-0.2, -0.15) is 0 Å². The molecule has 0 bridgehead atoms. The Kier molecular flexibility index (Phi) is 2.03. The Morgan fingerprint density at radius 1 is 1.36 bits per heavy atom. The summed E-state index contributed by atoms with van der Waals surface area (Å²) in [5, 5.41) is 0. The summed E-state index contributed by atoms with van der Waals surface area (Å²) >= 11 is 0. The second-order valence-electron chi connectivity index (χ2n) is 4.25. The van der Waals surface area contributed by atoms with Crippen molar-refractivity contribution < 1.29 is 8.42 Å². The van der Waals surface area contributed by atoms with Crippen molar-refractivity contribution in [3.05, 3.63) is 0 Å². The second kappa shape index (κ2) is 2.47. The van der Waals surface area contributed by atoms with E-state index in [1.807, 2.05) is 6.92 Å².